The highest BCUT2D eigenvalue weighted by Crippen LogP contribution is 2.18. The first-order chi connectivity index (χ1) is 9.69. The number of nitrogens with one attached hydrogen (secondary N) is 1. The van der Waals surface area contributed by atoms with Crippen LogP contribution in [0.1, 0.15) is 12.5 Å². The molecule has 0 saturated carbocycles. The summed E-state index contributed by atoms with van der Waals surface area (Å²) in [7, 11) is 1.61. The van der Waals surface area contributed by atoms with Crippen LogP contribution in [0.5, 0.6) is 11.5 Å². The Balaban J connectivity index is 1.83. The van der Waals surface area contributed by atoms with Gasteiger partial charge in [-0.05, 0) is 53.6 Å². The number of carbonyl (C=O) groups excluding carboxylic acids is 1. The SMILES string of the molecule is COc1ccc(O[C@@H](C)C(=O)NCc2ccsc2)cc1. The van der Waals surface area contributed by atoms with Gasteiger partial charge in [0.2, 0.25) is 0 Å². The van der Waals surface area contributed by atoms with E-state index in [-0.39, 0.29) is 5.91 Å². The molecule has 106 valence electrons. The minimum Gasteiger partial charge on any atom is -0.497 e. The lowest BCUT2D eigenvalue weighted by Crippen LogP contribution is -2.35. The second-order valence-electron chi connectivity index (χ2n) is 4.29. The van der Waals surface area contributed by atoms with E-state index in [1.54, 1.807) is 49.6 Å². The monoisotopic (exact) mass is 291 g/mol. The maximum Gasteiger partial charge on any atom is 0.261 e. The molecule has 0 fully saturated rings. The van der Waals surface area contributed by atoms with Crippen LogP contribution in [0, 0.1) is 0 Å². The van der Waals surface area contributed by atoms with Crippen molar-refractivity contribution in [2.24, 2.45) is 0 Å². The predicted molar refractivity (Wildman–Crippen MR) is 79.2 cm³/mol. The van der Waals surface area contributed by atoms with Crippen molar-refractivity contribution in [1.29, 1.82) is 0 Å². The molecule has 1 aromatic carbocycles. The first kappa shape index (κ1) is 14.4. The van der Waals surface area contributed by atoms with Crippen molar-refractivity contribution < 1.29 is 14.3 Å². The smallest absolute Gasteiger partial charge is 0.261 e. The summed E-state index contributed by atoms with van der Waals surface area (Å²) in [5.41, 5.74) is 1.10. The highest BCUT2D eigenvalue weighted by Gasteiger charge is 2.14. The molecule has 0 spiro atoms. The van der Waals surface area contributed by atoms with Crippen molar-refractivity contribution in [2.45, 2.75) is 19.6 Å². The van der Waals surface area contributed by atoms with Crippen molar-refractivity contribution in [3.05, 3.63) is 46.7 Å². The third-order valence-electron chi connectivity index (χ3n) is 2.79. The van der Waals surface area contributed by atoms with Crippen LogP contribution in [0.15, 0.2) is 41.1 Å². The van der Waals surface area contributed by atoms with Gasteiger partial charge in [-0.3, -0.25) is 4.79 Å². The van der Waals surface area contributed by atoms with Crippen LogP contribution in [0.2, 0.25) is 0 Å². The topological polar surface area (TPSA) is 47.6 Å². The molecule has 2 rings (SSSR count). The van der Waals surface area contributed by atoms with Crippen LogP contribution in [0.25, 0.3) is 0 Å². The summed E-state index contributed by atoms with van der Waals surface area (Å²) in [6.45, 7) is 2.26. The van der Waals surface area contributed by atoms with Crippen molar-refractivity contribution in [3.8, 4) is 11.5 Å². The summed E-state index contributed by atoms with van der Waals surface area (Å²) in [5, 5.41) is 6.84. The molecule has 0 bridgehead atoms. The van der Waals surface area contributed by atoms with Crippen LogP contribution in [-0.2, 0) is 11.3 Å². The van der Waals surface area contributed by atoms with Crippen LogP contribution in [0.4, 0.5) is 0 Å². The van der Waals surface area contributed by atoms with E-state index in [0.717, 1.165) is 11.3 Å². The lowest BCUT2D eigenvalue weighted by molar-refractivity contribution is -0.127. The molecule has 0 radical (unpaired) electrons. The van der Waals surface area contributed by atoms with Crippen molar-refractivity contribution in [3.63, 3.8) is 0 Å². The second-order valence-corrected chi connectivity index (χ2v) is 5.07. The van der Waals surface area contributed by atoms with E-state index in [2.05, 4.69) is 5.32 Å². The van der Waals surface area contributed by atoms with Crippen LogP contribution < -0.4 is 14.8 Å². The zero-order valence-corrected chi connectivity index (χ0v) is 12.3. The van der Waals surface area contributed by atoms with Gasteiger partial charge in [-0.25, -0.2) is 0 Å². The standard InChI is InChI=1S/C15H17NO3S/c1-11(15(17)16-9-12-7-8-20-10-12)19-14-5-3-13(18-2)4-6-14/h3-8,10-11H,9H2,1-2H3,(H,16,17)/t11-/m0/s1. The van der Waals surface area contributed by atoms with Gasteiger partial charge in [-0.15, -0.1) is 0 Å². The average Bonchev–Trinajstić information content (AvgIpc) is 2.98. The molecule has 5 heteroatoms. The third kappa shape index (κ3) is 3.99. The molecular weight excluding hydrogens is 274 g/mol. The quantitative estimate of drug-likeness (QED) is 0.890. The van der Waals surface area contributed by atoms with Gasteiger partial charge in [0, 0.05) is 6.54 Å². The number of hydrogen-bond donors (Lipinski definition) is 1. The Labute approximate surface area is 122 Å². The minimum atomic E-state index is -0.540. The number of thiophene rings is 1. The van der Waals surface area contributed by atoms with E-state index < -0.39 is 6.10 Å². The van der Waals surface area contributed by atoms with Crippen molar-refractivity contribution >= 4 is 17.2 Å². The number of methoxy groups -OCH3 is 1. The zero-order valence-electron chi connectivity index (χ0n) is 11.5. The maximum absolute atomic E-state index is 11.9. The van der Waals surface area contributed by atoms with Crippen molar-refractivity contribution in [2.75, 3.05) is 7.11 Å². The fourth-order valence-electron chi connectivity index (χ4n) is 1.64. The molecule has 0 unspecified atom stereocenters. The van der Waals surface area contributed by atoms with Gasteiger partial charge in [0.05, 0.1) is 7.11 Å². The fourth-order valence-corrected chi connectivity index (χ4v) is 2.31. The van der Waals surface area contributed by atoms with Crippen LogP contribution >= 0.6 is 11.3 Å². The Hall–Kier alpha value is -2.01. The van der Waals surface area contributed by atoms with E-state index in [4.69, 9.17) is 9.47 Å². The molecule has 20 heavy (non-hydrogen) atoms. The van der Waals surface area contributed by atoms with Gasteiger partial charge >= 0.3 is 0 Å². The lowest BCUT2D eigenvalue weighted by atomic mass is 10.3. The molecule has 4 nitrogen and oxygen atoms in total. The summed E-state index contributed by atoms with van der Waals surface area (Å²) in [6, 6.07) is 9.14. The molecule has 1 heterocycles. The molecule has 0 aliphatic heterocycles. The van der Waals surface area contributed by atoms with E-state index in [9.17, 15) is 4.79 Å². The Bertz CT molecular complexity index is 537. The fraction of sp³-hybridized carbons (Fsp3) is 0.267. The first-order valence-electron chi connectivity index (χ1n) is 6.28. The number of amides is 1. The van der Waals surface area contributed by atoms with E-state index >= 15 is 0 Å². The molecule has 1 amide bonds. The summed E-state index contributed by atoms with van der Waals surface area (Å²) >= 11 is 1.61. The molecule has 0 saturated heterocycles. The summed E-state index contributed by atoms with van der Waals surface area (Å²) in [5.74, 6) is 1.27. The Morgan fingerprint density at radius 3 is 2.55 bits per heavy atom. The maximum atomic E-state index is 11.9. The minimum absolute atomic E-state index is 0.132. The number of ether oxygens (including phenoxy) is 2. The van der Waals surface area contributed by atoms with Gasteiger partial charge in [0.1, 0.15) is 11.5 Å². The number of hydrogen-bond acceptors (Lipinski definition) is 4. The van der Waals surface area contributed by atoms with Crippen molar-refractivity contribution in [1.82, 2.24) is 5.32 Å². The Morgan fingerprint density at radius 2 is 1.95 bits per heavy atom. The zero-order chi connectivity index (χ0) is 14.4. The third-order valence-corrected chi connectivity index (χ3v) is 3.52. The number of rotatable bonds is 6. The largest absolute Gasteiger partial charge is 0.497 e. The molecular formula is C15H17NO3S. The van der Waals surface area contributed by atoms with Gasteiger partial charge in [-0.1, -0.05) is 0 Å². The van der Waals surface area contributed by atoms with Gasteiger partial charge in [0.15, 0.2) is 6.10 Å². The summed E-state index contributed by atoms with van der Waals surface area (Å²) in [4.78, 5) is 11.9. The highest BCUT2D eigenvalue weighted by molar-refractivity contribution is 7.07. The van der Waals surface area contributed by atoms with E-state index in [0.29, 0.717) is 12.3 Å². The highest BCUT2D eigenvalue weighted by atomic mass is 32.1. The normalized spacial score (nSPS) is 11.7. The number of carbonyl (C=O) groups is 1. The second kappa shape index (κ2) is 6.96. The molecule has 1 N–H and O–H groups in total. The van der Waals surface area contributed by atoms with E-state index in [1.807, 2.05) is 16.8 Å². The molecule has 0 aliphatic carbocycles. The summed E-state index contributed by atoms with van der Waals surface area (Å²) in [6.07, 6.45) is -0.540. The van der Waals surface area contributed by atoms with Gasteiger partial charge in [-0.2, -0.15) is 11.3 Å². The van der Waals surface area contributed by atoms with E-state index in [1.165, 1.54) is 0 Å². The Kier molecular flexibility index (Phi) is 5.01. The van der Waals surface area contributed by atoms with Crippen LogP contribution in [0.3, 0.4) is 0 Å². The van der Waals surface area contributed by atoms with Gasteiger partial charge in [0.25, 0.3) is 5.91 Å². The Morgan fingerprint density at radius 1 is 1.25 bits per heavy atom. The van der Waals surface area contributed by atoms with Crippen LogP contribution in [-0.4, -0.2) is 19.1 Å². The lowest BCUT2D eigenvalue weighted by Gasteiger charge is -2.14. The first-order valence-corrected chi connectivity index (χ1v) is 7.23. The number of benzene rings is 1. The average molecular weight is 291 g/mol. The molecule has 1 atom stereocenters. The molecule has 0 aliphatic rings. The summed E-state index contributed by atoms with van der Waals surface area (Å²) < 4.78 is 10.6. The molecule has 1 aromatic heterocycles. The van der Waals surface area contributed by atoms with Gasteiger partial charge < -0.3 is 14.8 Å². The molecule has 2 aromatic rings. The predicted octanol–water partition coefficient (Wildman–Crippen LogP) is 2.84.